The third-order valence-electron chi connectivity index (χ3n) is 5.94. The molecule has 2 fully saturated rings. The van der Waals surface area contributed by atoms with E-state index in [2.05, 4.69) is 26.4 Å². The van der Waals surface area contributed by atoms with Crippen molar-refractivity contribution in [3.05, 3.63) is 47.8 Å². The van der Waals surface area contributed by atoms with Crippen LogP contribution in [-0.4, -0.2) is 43.4 Å². The summed E-state index contributed by atoms with van der Waals surface area (Å²) in [4.78, 5) is 27.0. The van der Waals surface area contributed by atoms with Crippen LogP contribution >= 0.6 is 0 Å². The third-order valence-corrected chi connectivity index (χ3v) is 5.94. The van der Waals surface area contributed by atoms with Crippen molar-refractivity contribution in [2.45, 2.75) is 45.1 Å². The number of fused-ring (bicyclic) bond motifs is 1. The average Bonchev–Trinajstić information content (AvgIpc) is 3.31. The van der Waals surface area contributed by atoms with Crippen LogP contribution in [-0.2, 0) is 6.54 Å². The van der Waals surface area contributed by atoms with E-state index >= 15 is 0 Å². The van der Waals surface area contributed by atoms with E-state index < -0.39 is 0 Å². The maximum absolute atomic E-state index is 13.0. The van der Waals surface area contributed by atoms with Crippen LogP contribution in [0.5, 0.6) is 0 Å². The van der Waals surface area contributed by atoms with E-state index in [9.17, 15) is 4.79 Å². The van der Waals surface area contributed by atoms with E-state index in [-0.39, 0.29) is 5.91 Å². The zero-order valence-corrected chi connectivity index (χ0v) is 15.7. The number of amides is 1. The van der Waals surface area contributed by atoms with Gasteiger partial charge >= 0.3 is 0 Å². The molecule has 6 nitrogen and oxygen atoms in total. The maximum atomic E-state index is 13.0. The molecule has 0 bridgehead atoms. The Morgan fingerprint density at radius 2 is 2.15 bits per heavy atom. The second kappa shape index (κ2) is 6.51. The molecule has 1 N–H and O–H groups in total. The Morgan fingerprint density at radius 1 is 1.26 bits per heavy atom. The van der Waals surface area contributed by atoms with Gasteiger partial charge in [0.1, 0.15) is 5.82 Å². The molecule has 1 aliphatic carbocycles. The number of nitrogens with one attached hydrogen (secondary N) is 1. The van der Waals surface area contributed by atoms with Gasteiger partial charge in [-0.3, -0.25) is 4.79 Å². The summed E-state index contributed by atoms with van der Waals surface area (Å²) in [6, 6.07) is 5.72. The smallest absolute Gasteiger partial charge is 0.253 e. The van der Waals surface area contributed by atoms with Gasteiger partial charge in [0.2, 0.25) is 0 Å². The number of piperidine rings is 1. The van der Waals surface area contributed by atoms with E-state index in [1.165, 1.54) is 30.8 Å². The molecule has 1 aromatic carbocycles. The van der Waals surface area contributed by atoms with Crippen molar-refractivity contribution in [3.8, 4) is 0 Å². The number of nitrogens with zero attached hydrogens (tertiary/aromatic N) is 4. The van der Waals surface area contributed by atoms with Gasteiger partial charge < -0.3 is 14.5 Å². The van der Waals surface area contributed by atoms with Gasteiger partial charge in [0.25, 0.3) is 5.91 Å². The lowest BCUT2D eigenvalue weighted by Gasteiger charge is -2.33. The van der Waals surface area contributed by atoms with Crippen LogP contribution in [0.25, 0.3) is 11.0 Å². The summed E-state index contributed by atoms with van der Waals surface area (Å²) < 4.78 is 2.40. The molecular formula is C21H25N5O. The summed E-state index contributed by atoms with van der Waals surface area (Å²) in [6.07, 6.45) is 8.43. The highest BCUT2D eigenvalue weighted by Gasteiger charge is 2.31. The summed E-state index contributed by atoms with van der Waals surface area (Å²) in [7, 11) is 0. The van der Waals surface area contributed by atoms with E-state index in [1.54, 1.807) is 6.33 Å². The number of carbonyl (C=O) groups is 1. The molecule has 1 amide bonds. The van der Waals surface area contributed by atoms with Crippen LogP contribution in [0, 0.1) is 12.8 Å². The Balaban J connectivity index is 1.31. The van der Waals surface area contributed by atoms with Gasteiger partial charge in [-0.15, -0.1) is 0 Å². The minimum absolute atomic E-state index is 0.126. The van der Waals surface area contributed by atoms with Crippen molar-refractivity contribution in [3.63, 3.8) is 0 Å². The molecule has 1 saturated carbocycles. The predicted octanol–water partition coefficient (Wildman–Crippen LogP) is 3.50. The topological polar surface area (TPSA) is 66.8 Å². The highest BCUT2D eigenvalue weighted by Crippen LogP contribution is 2.40. The Hall–Kier alpha value is -2.63. The molecule has 5 rings (SSSR count). The lowest BCUT2D eigenvalue weighted by Crippen LogP contribution is -2.41. The number of imidazole rings is 2. The SMILES string of the molecule is Cc1cnc(C2CC2)n1CC1CCCN(C(=O)c2ccc3nc[nH]c3c2)C1. The largest absolute Gasteiger partial charge is 0.345 e. The minimum atomic E-state index is 0.126. The number of likely N-dealkylation sites (tertiary alicyclic amines) is 1. The zero-order chi connectivity index (χ0) is 18.4. The number of carbonyl (C=O) groups excluding carboxylic acids is 1. The van der Waals surface area contributed by atoms with E-state index in [0.29, 0.717) is 11.8 Å². The number of rotatable bonds is 4. The fourth-order valence-electron chi connectivity index (χ4n) is 4.29. The first kappa shape index (κ1) is 16.5. The standard InChI is InChI=1S/C21H25N5O/c1-14-10-22-20(16-4-5-16)26(14)12-15-3-2-8-25(11-15)21(27)17-6-7-18-19(9-17)24-13-23-18/h6-7,9-10,13,15-16H,2-5,8,11-12H2,1H3,(H,23,24). The fourth-order valence-corrected chi connectivity index (χ4v) is 4.29. The monoisotopic (exact) mass is 363 g/mol. The lowest BCUT2D eigenvalue weighted by molar-refractivity contribution is 0.0661. The van der Waals surface area contributed by atoms with Crippen molar-refractivity contribution < 1.29 is 4.79 Å². The molecule has 140 valence electrons. The number of H-pyrrole nitrogens is 1. The predicted molar refractivity (Wildman–Crippen MR) is 104 cm³/mol. The van der Waals surface area contributed by atoms with Gasteiger partial charge in [0.15, 0.2) is 0 Å². The number of aromatic amines is 1. The van der Waals surface area contributed by atoms with Gasteiger partial charge in [0.05, 0.1) is 17.4 Å². The first-order chi connectivity index (χ1) is 13.2. The van der Waals surface area contributed by atoms with Crippen molar-refractivity contribution in [1.29, 1.82) is 0 Å². The molecule has 1 atom stereocenters. The number of hydrogen-bond donors (Lipinski definition) is 1. The van der Waals surface area contributed by atoms with E-state index in [1.807, 2.05) is 29.3 Å². The van der Waals surface area contributed by atoms with E-state index in [0.717, 1.165) is 42.7 Å². The number of aryl methyl sites for hydroxylation is 1. The molecule has 6 heteroatoms. The second-order valence-electron chi connectivity index (χ2n) is 8.04. The van der Waals surface area contributed by atoms with Gasteiger partial charge in [-0.05, 0) is 56.7 Å². The van der Waals surface area contributed by atoms with E-state index in [4.69, 9.17) is 0 Å². The third kappa shape index (κ3) is 3.13. The molecule has 2 aromatic heterocycles. The average molecular weight is 363 g/mol. The normalized spacial score (nSPS) is 20.3. The van der Waals surface area contributed by atoms with Crippen LogP contribution in [0.1, 0.15) is 53.5 Å². The first-order valence-electron chi connectivity index (χ1n) is 9.93. The van der Waals surface area contributed by atoms with Crippen LogP contribution in [0.15, 0.2) is 30.7 Å². The number of benzene rings is 1. The van der Waals surface area contributed by atoms with Gasteiger partial charge in [-0.25, -0.2) is 9.97 Å². The molecule has 2 aliphatic rings. The van der Waals surface area contributed by atoms with Crippen LogP contribution in [0.4, 0.5) is 0 Å². The van der Waals surface area contributed by atoms with Crippen molar-refractivity contribution in [1.82, 2.24) is 24.4 Å². The number of aromatic nitrogens is 4. The maximum Gasteiger partial charge on any atom is 0.253 e. The molecule has 3 heterocycles. The van der Waals surface area contributed by atoms with Crippen LogP contribution in [0.3, 0.4) is 0 Å². The molecule has 1 aliphatic heterocycles. The molecule has 1 saturated heterocycles. The lowest BCUT2D eigenvalue weighted by atomic mass is 9.97. The highest BCUT2D eigenvalue weighted by atomic mass is 16.2. The molecule has 27 heavy (non-hydrogen) atoms. The van der Waals surface area contributed by atoms with Gasteiger partial charge in [-0.1, -0.05) is 0 Å². The summed E-state index contributed by atoms with van der Waals surface area (Å²) in [5.74, 6) is 2.52. The highest BCUT2D eigenvalue weighted by molar-refractivity contribution is 5.97. The van der Waals surface area contributed by atoms with Gasteiger partial charge in [-0.2, -0.15) is 0 Å². The molecule has 3 aromatic rings. The quantitative estimate of drug-likeness (QED) is 0.771. The summed E-state index contributed by atoms with van der Waals surface area (Å²) in [5, 5.41) is 0. The summed E-state index contributed by atoms with van der Waals surface area (Å²) >= 11 is 0. The fraction of sp³-hybridized carbons (Fsp3) is 0.476. The Labute approximate surface area is 158 Å². The Bertz CT molecular complexity index is 984. The zero-order valence-electron chi connectivity index (χ0n) is 15.7. The first-order valence-corrected chi connectivity index (χ1v) is 9.93. The van der Waals surface area contributed by atoms with Crippen molar-refractivity contribution in [2.75, 3.05) is 13.1 Å². The Kier molecular flexibility index (Phi) is 3.99. The Morgan fingerprint density at radius 3 is 3.00 bits per heavy atom. The molecule has 0 radical (unpaired) electrons. The summed E-state index contributed by atoms with van der Waals surface area (Å²) in [5.41, 5.74) is 3.79. The van der Waals surface area contributed by atoms with Gasteiger partial charge in [0, 0.05) is 43.0 Å². The molecule has 0 spiro atoms. The molecule has 1 unspecified atom stereocenters. The van der Waals surface area contributed by atoms with Crippen molar-refractivity contribution in [2.24, 2.45) is 5.92 Å². The van der Waals surface area contributed by atoms with Crippen LogP contribution in [0.2, 0.25) is 0 Å². The second-order valence-corrected chi connectivity index (χ2v) is 8.04. The summed E-state index contributed by atoms with van der Waals surface area (Å²) in [6.45, 7) is 4.78. The van der Waals surface area contributed by atoms with Crippen molar-refractivity contribution >= 4 is 16.9 Å². The number of hydrogen-bond acceptors (Lipinski definition) is 3. The minimum Gasteiger partial charge on any atom is -0.345 e. The van der Waals surface area contributed by atoms with Crippen LogP contribution < -0.4 is 0 Å². The molecular weight excluding hydrogens is 338 g/mol.